The zero-order chi connectivity index (χ0) is 16.4. The highest BCUT2D eigenvalue weighted by molar-refractivity contribution is 5.55. The molecule has 1 aliphatic rings. The van der Waals surface area contributed by atoms with Gasteiger partial charge in [0.15, 0.2) is 0 Å². The topological polar surface area (TPSA) is 32.7 Å². The number of rotatable bonds is 5. The fourth-order valence-corrected chi connectivity index (χ4v) is 3.54. The maximum absolute atomic E-state index is 11.8. The van der Waals surface area contributed by atoms with Crippen molar-refractivity contribution >= 4 is 0 Å². The van der Waals surface area contributed by atoms with E-state index < -0.39 is 5.60 Å². The number of hydrogen-bond donors (Lipinski definition) is 1. The standard InChI is InChI=1S/C20H25NO2/c1-4-21(5-2)14-15(3)20(22)16-10-6-8-12-18(16)23-19-13-9-7-11-17(19)20/h6-13,15,22H,4-5,14H2,1-3H3. The van der Waals surface area contributed by atoms with Crippen molar-refractivity contribution in [2.24, 2.45) is 5.92 Å². The average molecular weight is 311 g/mol. The van der Waals surface area contributed by atoms with Gasteiger partial charge in [-0.05, 0) is 25.2 Å². The molecule has 2 aromatic carbocycles. The molecular weight excluding hydrogens is 286 g/mol. The molecule has 0 saturated heterocycles. The highest BCUT2D eigenvalue weighted by atomic mass is 16.5. The Balaban J connectivity index is 2.09. The van der Waals surface area contributed by atoms with Crippen molar-refractivity contribution in [3.63, 3.8) is 0 Å². The van der Waals surface area contributed by atoms with E-state index in [9.17, 15) is 5.11 Å². The van der Waals surface area contributed by atoms with Crippen LogP contribution in [0.2, 0.25) is 0 Å². The molecule has 0 spiro atoms. The first-order valence-corrected chi connectivity index (χ1v) is 8.42. The number of aliphatic hydroxyl groups is 1. The second kappa shape index (κ2) is 6.34. The first-order chi connectivity index (χ1) is 11.1. The van der Waals surface area contributed by atoms with Gasteiger partial charge in [-0.1, -0.05) is 57.2 Å². The van der Waals surface area contributed by atoms with Crippen LogP contribution in [0.4, 0.5) is 0 Å². The number of ether oxygens (including phenoxy) is 1. The highest BCUT2D eigenvalue weighted by Gasteiger charge is 2.44. The zero-order valence-corrected chi connectivity index (χ0v) is 14.1. The number of benzene rings is 2. The van der Waals surface area contributed by atoms with Gasteiger partial charge in [0, 0.05) is 23.6 Å². The zero-order valence-electron chi connectivity index (χ0n) is 14.1. The summed E-state index contributed by atoms with van der Waals surface area (Å²) in [5.41, 5.74) is 0.685. The van der Waals surface area contributed by atoms with Crippen molar-refractivity contribution in [3.8, 4) is 11.5 Å². The molecule has 1 atom stereocenters. The minimum absolute atomic E-state index is 0.0496. The molecule has 3 nitrogen and oxygen atoms in total. The SMILES string of the molecule is CCN(CC)CC(C)C1(O)c2ccccc2Oc2ccccc21. The van der Waals surface area contributed by atoms with E-state index in [4.69, 9.17) is 4.74 Å². The Morgan fingerprint density at radius 3 is 1.91 bits per heavy atom. The summed E-state index contributed by atoms with van der Waals surface area (Å²) in [5, 5.41) is 11.8. The van der Waals surface area contributed by atoms with Crippen molar-refractivity contribution in [3.05, 3.63) is 59.7 Å². The average Bonchev–Trinajstić information content (AvgIpc) is 2.59. The Hall–Kier alpha value is -1.84. The smallest absolute Gasteiger partial charge is 0.133 e. The second-order valence-electron chi connectivity index (χ2n) is 6.25. The van der Waals surface area contributed by atoms with Gasteiger partial charge in [0.25, 0.3) is 0 Å². The molecule has 122 valence electrons. The van der Waals surface area contributed by atoms with Crippen LogP contribution < -0.4 is 4.74 Å². The molecule has 0 aliphatic carbocycles. The summed E-state index contributed by atoms with van der Waals surface area (Å²) in [6, 6.07) is 15.6. The lowest BCUT2D eigenvalue weighted by atomic mass is 9.74. The molecule has 1 heterocycles. The lowest BCUT2D eigenvalue weighted by Gasteiger charge is -2.41. The van der Waals surface area contributed by atoms with Crippen LogP contribution in [0.1, 0.15) is 31.9 Å². The van der Waals surface area contributed by atoms with E-state index in [1.54, 1.807) is 0 Å². The number of fused-ring (bicyclic) bond motifs is 2. The van der Waals surface area contributed by atoms with Crippen LogP contribution in [0.25, 0.3) is 0 Å². The first kappa shape index (κ1) is 16.0. The number of para-hydroxylation sites is 2. The van der Waals surface area contributed by atoms with Gasteiger partial charge in [-0.3, -0.25) is 0 Å². The Bertz CT molecular complexity index is 633. The van der Waals surface area contributed by atoms with Gasteiger partial charge in [0.05, 0.1) is 0 Å². The quantitative estimate of drug-likeness (QED) is 0.905. The third-order valence-corrected chi connectivity index (χ3v) is 4.95. The van der Waals surface area contributed by atoms with Crippen LogP contribution in [-0.2, 0) is 5.60 Å². The molecule has 1 unspecified atom stereocenters. The number of hydrogen-bond acceptors (Lipinski definition) is 3. The van der Waals surface area contributed by atoms with Gasteiger partial charge in [-0.2, -0.15) is 0 Å². The Morgan fingerprint density at radius 1 is 0.957 bits per heavy atom. The molecule has 3 rings (SSSR count). The summed E-state index contributed by atoms with van der Waals surface area (Å²) in [5.74, 6) is 1.55. The molecule has 0 amide bonds. The van der Waals surface area contributed by atoms with Crippen molar-refractivity contribution in [1.82, 2.24) is 4.90 Å². The monoisotopic (exact) mass is 311 g/mol. The van der Waals surface area contributed by atoms with E-state index >= 15 is 0 Å². The largest absolute Gasteiger partial charge is 0.457 e. The van der Waals surface area contributed by atoms with Gasteiger partial charge in [0.1, 0.15) is 17.1 Å². The van der Waals surface area contributed by atoms with E-state index in [1.165, 1.54) is 0 Å². The van der Waals surface area contributed by atoms with E-state index in [0.29, 0.717) is 0 Å². The van der Waals surface area contributed by atoms with Gasteiger partial charge in [0.2, 0.25) is 0 Å². The molecular formula is C20H25NO2. The summed E-state index contributed by atoms with van der Waals surface area (Å²) in [6.07, 6.45) is 0. The van der Waals surface area contributed by atoms with Crippen molar-refractivity contribution < 1.29 is 9.84 Å². The van der Waals surface area contributed by atoms with Crippen LogP contribution in [0, 0.1) is 5.92 Å². The first-order valence-electron chi connectivity index (χ1n) is 8.42. The molecule has 0 bridgehead atoms. The minimum Gasteiger partial charge on any atom is -0.457 e. The van der Waals surface area contributed by atoms with Crippen LogP contribution in [0.3, 0.4) is 0 Å². The molecule has 0 radical (unpaired) electrons. The normalized spacial score (nSPS) is 16.4. The molecule has 0 aromatic heterocycles. The summed E-state index contributed by atoms with van der Waals surface area (Å²) in [6.45, 7) is 9.25. The predicted molar refractivity (Wildman–Crippen MR) is 92.9 cm³/mol. The summed E-state index contributed by atoms with van der Waals surface area (Å²) < 4.78 is 6.01. The maximum atomic E-state index is 11.8. The molecule has 0 saturated carbocycles. The second-order valence-corrected chi connectivity index (χ2v) is 6.25. The molecule has 2 aromatic rings. The van der Waals surface area contributed by atoms with Gasteiger partial charge in [-0.15, -0.1) is 0 Å². The van der Waals surface area contributed by atoms with Crippen LogP contribution in [0.5, 0.6) is 11.5 Å². The maximum Gasteiger partial charge on any atom is 0.133 e. The number of nitrogens with zero attached hydrogens (tertiary/aromatic N) is 1. The minimum atomic E-state index is -1.03. The van der Waals surface area contributed by atoms with E-state index in [1.807, 2.05) is 48.5 Å². The van der Waals surface area contributed by atoms with Gasteiger partial charge < -0.3 is 14.7 Å². The molecule has 23 heavy (non-hydrogen) atoms. The molecule has 1 aliphatic heterocycles. The molecule has 3 heteroatoms. The van der Waals surface area contributed by atoms with Crippen molar-refractivity contribution in [2.75, 3.05) is 19.6 Å². The fourth-order valence-electron chi connectivity index (χ4n) is 3.54. The van der Waals surface area contributed by atoms with E-state index in [-0.39, 0.29) is 5.92 Å². The summed E-state index contributed by atoms with van der Waals surface area (Å²) in [7, 11) is 0. The lowest BCUT2D eigenvalue weighted by Crippen LogP contribution is -2.43. The third kappa shape index (κ3) is 2.64. The highest BCUT2D eigenvalue weighted by Crippen LogP contribution is 2.50. The Labute approximate surface area is 138 Å². The van der Waals surface area contributed by atoms with Crippen LogP contribution in [-0.4, -0.2) is 29.6 Å². The van der Waals surface area contributed by atoms with Gasteiger partial charge >= 0.3 is 0 Å². The third-order valence-electron chi connectivity index (χ3n) is 4.95. The van der Waals surface area contributed by atoms with Crippen molar-refractivity contribution in [1.29, 1.82) is 0 Å². The molecule has 1 N–H and O–H groups in total. The van der Waals surface area contributed by atoms with Crippen molar-refractivity contribution in [2.45, 2.75) is 26.4 Å². The lowest BCUT2D eigenvalue weighted by molar-refractivity contribution is 0.000982. The fraction of sp³-hybridized carbons (Fsp3) is 0.400. The summed E-state index contributed by atoms with van der Waals surface area (Å²) >= 11 is 0. The van der Waals surface area contributed by atoms with Crippen LogP contribution >= 0.6 is 0 Å². The van der Waals surface area contributed by atoms with Gasteiger partial charge in [-0.25, -0.2) is 0 Å². The Kier molecular flexibility index (Phi) is 4.42. The van der Waals surface area contributed by atoms with E-state index in [0.717, 1.165) is 42.3 Å². The predicted octanol–water partition coefficient (Wildman–Crippen LogP) is 4.01. The van der Waals surface area contributed by atoms with E-state index in [2.05, 4.69) is 25.7 Å². The van der Waals surface area contributed by atoms with Crippen LogP contribution in [0.15, 0.2) is 48.5 Å². The molecule has 0 fully saturated rings. The Morgan fingerprint density at radius 2 is 1.43 bits per heavy atom. The summed E-state index contributed by atoms with van der Waals surface area (Å²) in [4.78, 5) is 2.35.